The molecule has 1 heterocycles. The number of ketones is 2. The van der Waals surface area contributed by atoms with Crippen LogP contribution >= 0.6 is 11.8 Å². The number of hydrogen-bond acceptors (Lipinski definition) is 4. The molecule has 0 radical (unpaired) electrons. The number of Topliss-reactive ketones (excluding diaryl/α,β-unsaturated/α-hetero) is 2. The van der Waals surface area contributed by atoms with E-state index in [4.69, 9.17) is 4.79 Å². The molecule has 1 aliphatic heterocycles. The molecule has 0 saturated heterocycles. The predicted octanol–water partition coefficient (Wildman–Crippen LogP) is 6.23. The summed E-state index contributed by atoms with van der Waals surface area (Å²) in [6, 6.07) is 12.3. The van der Waals surface area contributed by atoms with Crippen LogP contribution in [0.4, 0.5) is 0 Å². The minimum atomic E-state index is -0.481. The van der Waals surface area contributed by atoms with Gasteiger partial charge in [0.15, 0.2) is 5.78 Å². The van der Waals surface area contributed by atoms with Crippen molar-refractivity contribution in [2.75, 3.05) is 5.75 Å². The van der Waals surface area contributed by atoms with Crippen LogP contribution in [0.2, 0.25) is 0 Å². The summed E-state index contributed by atoms with van der Waals surface area (Å²) in [4.78, 5) is 35.8. The van der Waals surface area contributed by atoms with Crippen molar-refractivity contribution in [2.45, 2.75) is 69.6 Å². The van der Waals surface area contributed by atoms with Crippen LogP contribution in [0.5, 0.6) is 0 Å². The molecule has 1 saturated carbocycles. The molecule has 1 fully saturated rings. The molecule has 4 heteroatoms. The van der Waals surface area contributed by atoms with Gasteiger partial charge in [0.1, 0.15) is 12.6 Å². The lowest BCUT2D eigenvalue weighted by Crippen LogP contribution is -2.32. The minimum Gasteiger partial charge on any atom is -0.307 e. The van der Waals surface area contributed by atoms with Crippen molar-refractivity contribution in [3.63, 3.8) is 0 Å². The second-order valence-electron chi connectivity index (χ2n) is 9.32. The largest absolute Gasteiger partial charge is 0.307 e. The number of fused-ring (bicyclic) bond motifs is 1. The number of thioether (sulfide) groups is 1. The Bertz CT molecular complexity index is 978. The summed E-state index contributed by atoms with van der Waals surface area (Å²) in [6.07, 6.45) is 3.15. The van der Waals surface area contributed by atoms with Gasteiger partial charge < -0.3 is 4.79 Å². The molecular weight excluding hydrogens is 404 g/mol. The topological polar surface area (TPSA) is 51.2 Å². The maximum atomic E-state index is 13.5. The Morgan fingerprint density at radius 3 is 2.42 bits per heavy atom. The van der Waals surface area contributed by atoms with Gasteiger partial charge in [-0.25, -0.2) is 0 Å². The third-order valence-corrected chi connectivity index (χ3v) is 8.09. The van der Waals surface area contributed by atoms with Gasteiger partial charge in [0.25, 0.3) is 0 Å². The number of carbonyl (C=O) groups excluding carboxylic acids is 3. The van der Waals surface area contributed by atoms with Gasteiger partial charge in [-0.1, -0.05) is 44.2 Å². The fourth-order valence-electron chi connectivity index (χ4n) is 5.17. The number of carbonyl (C=O) groups is 3. The molecular formula is C27H32O3S. The van der Waals surface area contributed by atoms with Crippen LogP contribution in [0.25, 0.3) is 0 Å². The molecule has 0 bridgehead atoms. The van der Waals surface area contributed by atoms with Gasteiger partial charge in [-0.05, 0) is 78.5 Å². The molecule has 4 rings (SSSR count). The Morgan fingerprint density at radius 1 is 1.10 bits per heavy atom. The number of hydrogen-bond donors (Lipinski definition) is 0. The first kappa shape index (κ1) is 23.5. The molecule has 0 aromatic heterocycles. The zero-order valence-electron chi connectivity index (χ0n) is 19.0. The quantitative estimate of drug-likeness (QED) is 0.423. The average molecular weight is 437 g/mol. The van der Waals surface area contributed by atoms with Crippen molar-refractivity contribution in [3.8, 4) is 0 Å². The Kier molecular flexibility index (Phi) is 7.20. The van der Waals surface area contributed by atoms with E-state index >= 15 is 0 Å². The van der Waals surface area contributed by atoms with Crippen molar-refractivity contribution in [1.82, 2.24) is 0 Å². The first-order valence-electron chi connectivity index (χ1n) is 11.0. The molecule has 0 N–H and O–H groups in total. The smallest absolute Gasteiger partial charge is 0.173 e. The molecule has 1 aliphatic carbocycles. The standard InChI is InChI=1S/C26H30O2S.CH2O/c1-16-14-21(17(2)23-25(16)29-13-12-26(23,3)4)24(28)20-11-10-19(15-22(20)27)18-8-6-5-7-9-18;1-2/h5-9,14,19-20H,10-13,15H2,1-4H3;1H2. The monoisotopic (exact) mass is 436 g/mol. The van der Waals surface area contributed by atoms with Gasteiger partial charge in [-0.15, -0.1) is 11.8 Å². The average Bonchev–Trinajstić information content (AvgIpc) is 2.77. The Labute approximate surface area is 190 Å². The summed E-state index contributed by atoms with van der Waals surface area (Å²) in [7, 11) is 0. The molecule has 0 amide bonds. The minimum absolute atomic E-state index is 0.0382. The van der Waals surface area contributed by atoms with E-state index < -0.39 is 5.92 Å². The van der Waals surface area contributed by atoms with Gasteiger partial charge in [0.05, 0.1) is 5.92 Å². The molecule has 3 nitrogen and oxygen atoms in total. The lowest BCUT2D eigenvalue weighted by atomic mass is 9.73. The number of rotatable bonds is 3. The maximum absolute atomic E-state index is 13.5. The lowest BCUT2D eigenvalue weighted by Gasteiger charge is -2.36. The van der Waals surface area contributed by atoms with Gasteiger partial charge in [-0.3, -0.25) is 9.59 Å². The Hall–Kier alpha value is -2.20. The van der Waals surface area contributed by atoms with Crippen molar-refractivity contribution in [1.29, 1.82) is 0 Å². The van der Waals surface area contributed by atoms with E-state index in [1.165, 1.54) is 21.6 Å². The fourth-order valence-corrected chi connectivity index (χ4v) is 6.85. The third-order valence-electron chi connectivity index (χ3n) is 6.87. The molecule has 2 aliphatic rings. The SMILES string of the molecule is C=O.Cc1cc(C(=O)C2CCC(c3ccccc3)CC2=O)c(C)c2c1SCCC2(C)C. The summed E-state index contributed by atoms with van der Waals surface area (Å²) in [5, 5.41) is 0. The number of benzene rings is 2. The van der Waals surface area contributed by atoms with Crippen molar-refractivity contribution < 1.29 is 14.4 Å². The molecule has 31 heavy (non-hydrogen) atoms. The van der Waals surface area contributed by atoms with Crippen LogP contribution in [0, 0.1) is 19.8 Å². The van der Waals surface area contributed by atoms with E-state index in [1.807, 2.05) is 42.8 Å². The highest BCUT2D eigenvalue weighted by Crippen LogP contribution is 2.46. The molecule has 2 aromatic rings. The number of aryl methyl sites for hydroxylation is 1. The van der Waals surface area contributed by atoms with Crippen LogP contribution in [-0.4, -0.2) is 24.1 Å². The van der Waals surface area contributed by atoms with E-state index in [1.54, 1.807) is 0 Å². The summed E-state index contributed by atoms with van der Waals surface area (Å²) in [5.41, 5.74) is 5.64. The highest BCUT2D eigenvalue weighted by Gasteiger charge is 2.37. The van der Waals surface area contributed by atoms with Crippen molar-refractivity contribution in [2.24, 2.45) is 5.92 Å². The summed E-state index contributed by atoms with van der Waals surface area (Å²) in [6.45, 7) is 10.8. The second-order valence-corrected chi connectivity index (χ2v) is 10.4. The summed E-state index contributed by atoms with van der Waals surface area (Å²) >= 11 is 1.91. The highest BCUT2D eigenvalue weighted by atomic mass is 32.2. The van der Waals surface area contributed by atoms with Gasteiger partial charge in [0.2, 0.25) is 0 Å². The van der Waals surface area contributed by atoms with E-state index in [9.17, 15) is 9.59 Å². The van der Waals surface area contributed by atoms with E-state index in [2.05, 4.69) is 39.8 Å². The van der Waals surface area contributed by atoms with Crippen molar-refractivity contribution in [3.05, 3.63) is 64.2 Å². The first-order chi connectivity index (χ1) is 14.8. The Morgan fingerprint density at radius 2 is 1.77 bits per heavy atom. The van der Waals surface area contributed by atoms with Gasteiger partial charge in [-0.2, -0.15) is 0 Å². The normalized spacial score (nSPS) is 22.1. The fraction of sp³-hybridized carbons (Fsp3) is 0.444. The molecule has 164 valence electrons. The zero-order chi connectivity index (χ0) is 22.8. The van der Waals surface area contributed by atoms with Crippen LogP contribution in [0.15, 0.2) is 41.3 Å². The van der Waals surface area contributed by atoms with E-state index in [-0.39, 0.29) is 22.9 Å². The maximum Gasteiger partial charge on any atom is 0.173 e. The Balaban J connectivity index is 0.00000132. The van der Waals surface area contributed by atoms with Crippen LogP contribution < -0.4 is 0 Å². The van der Waals surface area contributed by atoms with Crippen molar-refractivity contribution >= 4 is 30.1 Å². The van der Waals surface area contributed by atoms with Crippen LogP contribution in [0.1, 0.15) is 78.1 Å². The van der Waals surface area contributed by atoms with E-state index in [0.29, 0.717) is 12.8 Å². The second kappa shape index (κ2) is 9.52. The summed E-state index contributed by atoms with van der Waals surface area (Å²) in [5.74, 6) is 1.03. The molecule has 0 spiro atoms. The van der Waals surface area contributed by atoms with E-state index in [0.717, 1.165) is 29.7 Å². The predicted molar refractivity (Wildman–Crippen MR) is 127 cm³/mol. The first-order valence-corrected chi connectivity index (χ1v) is 12.0. The van der Waals surface area contributed by atoms with Gasteiger partial charge in [0, 0.05) is 16.9 Å². The van der Waals surface area contributed by atoms with Crippen LogP contribution in [0.3, 0.4) is 0 Å². The van der Waals surface area contributed by atoms with Crippen LogP contribution in [-0.2, 0) is 15.0 Å². The molecule has 2 unspecified atom stereocenters. The zero-order valence-corrected chi connectivity index (χ0v) is 19.8. The summed E-state index contributed by atoms with van der Waals surface area (Å²) < 4.78 is 0. The molecule has 2 aromatic carbocycles. The third kappa shape index (κ3) is 4.55. The lowest BCUT2D eigenvalue weighted by molar-refractivity contribution is -0.123. The molecule has 2 atom stereocenters. The highest BCUT2D eigenvalue weighted by molar-refractivity contribution is 7.99. The van der Waals surface area contributed by atoms with Gasteiger partial charge >= 0.3 is 0 Å².